The number of aromatic nitrogens is 1. The standard InChI is InChI=1S/C16H12N4O5/c1-18-15(22)13(14(21)17-16(18)23)9-11-6-3-7-19(11)10-4-2-5-12(8-10)20(24)25/h2-9H,1H3,(H,17,21,23)/b13-9+. The Labute approximate surface area is 141 Å². The van der Waals surface area contributed by atoms with Gasteiger partial charge in [-0.2, -0.15) is 0 Å². The molecule has 2 heterocycles. The number of nitrogens with one attached hydrogen (secondary N) is 1. The Morgan fingerprint density at radius 1 is 1.16 bits per heavy atom. The molecule has 0 aliphatic carbocycles. The van der Waals surface area contributed by atoms with Crippen molar-refractivity contribution < 1.29 is 19.3 Å². The zero-order chi connectivity index (χ0) is 18.1. The number of carbonyl (C=O) groups excluding carboxylic acids is 3. The quantitative estimate of drug-likeness (QED) is 0.393. The lowest BCUT2D eigenvalue weighted by Gasteiger charge is -2.22. The molecule has 0 bridgehead atoms. The fraction of sp³-hybridized carbons (Fsp3) is 0.0625. The molecule has 0 radical (unpaired) electrons. The highest BCUT2D eigenvalue weighted by atomic mass is 16.6. The topological polar surface area (TPSA) is 115 Å². The number of amides is 4. The number of benzene rings is 1. The van der Waals surface area contributed by atoms with E-state index in [9.17, 15) is 24.5 Å². The van der Waals surface area contributed by atoms with E-state index in [4.69, 9.17) is 0 Å². The molecule has 1 fully saturated rings. The second-order valence-electron chi connectivity index (χ2n) is 5.26. The van der Waals surface area contributed by atoms with Crippen LogP contribution in [0.2, 0.25) is 0 Å². The van der Waals surface area contributed by atoms with Crippen molar-refractivity contribution in [3.05, 3.63) is 64.0 Å². The Kier molecular flexibility index (Phi) is 3.89. The molecule has 4 amide bonds. The molecule has 126 valence electrons. The molecule has 1 saturated heterocycles. The summed E-state index contributed by atoms with van der Waals surface area (Å²) in [4.78, 5) is 46.7. The van der Waals surface area contributed by atoms with Gasteiger partial charge in [-0.1, -0.05) is 6.07 Å². The van der Waals surface area contributed by atoms with Crippen LogP contribution in [0.4, 0.5) is 10.5 Å². The largest absolute Gasteiger partial charge is 0.331 e. The van der Waals surface area contributed by atoms with Gasteiger partial charge in [-0.25, -0.2) is 4.79 Å². The van der Waals surface area contributed by atoms with Crippen LogP contribution in [-0.2, 0) is 9.59 Å². The smallest absolute Gasteiger partial charge is 0.317 e. The number of non-ortho nitro benzene ring substituents is 1. The maximum Gasteiger partial charge on any atom is 0.331 e. The molecule has 1 aromatic heterocycles. The Balaban J connectivity index is 2.04. The van der Waals surface area contributed by atoms with Crippen LogP contribution in [0.5, 0.6) is 0 Å². The van der Waals surface area contributed by atoms with Crippen molar-refractivity contribution >= 4 is 29.6 Å². The predicted octanol–water partition coefficient (Wildman–Crippen LogP) is 1.48. The number of nitrogens with zero attached hydrogens (tertiary/aromatic N) is 3. The highest BCUT2D eigenvalue weighted by molar-refractivity contribution is 6.30. The summed E-state index contributed by atoms with van der Waals surface area (Å²) < 4.78 is 1.59. The van der Waals surface area contributed by atoms with Crippen LogP contribution in [0.1, 0.15) is 5.69 Å². The highest BCUT2D eigenvalue weighted by Crippen LogP contribution is 2.21. The average Bonchev–Trinajstić information content (AvgIpc) is 3.05. The molecule has 9 nitrogen and oxygen atoms in total. The average molecular weight is 340 g/mol. The number of hydrogen-bond donors (Lipinski definition) is 1. The van der Waals surface area contributed by atoms with Gasteiger partial charge in [-0.3, -0.25) is 29.9 Å². The third-order valence-corrected chi connectivity index (χ3v) is 3.70. The maximum absolute atomic E-state index is 12.1. The summed E-state index contributed by atoms with van der Waals surface area (Å²) in [6.07, 6.45) is 2.98. The minimum absolute atomic E-state index is 0.0818. The van der Waals surface area contributed by atoms with Gasteiger partial charge in [0.15, 0.2) is 0 Å². The number of rotatable bonds is 3. The number of barbiturate groups is 1. The number of hydrogen-bond acceptors (Lipinski definition) is 5. The molecule has 1 aliphatic heterocycles. The van der Waals surface area contributed by atoms with Crippen LogP contribution >= 0.6 is 0 Å². The number of likely N-dealkylation sites (N-methyl/N-ethyl adjacent to an activating group) is 1. The van der Waals surface area contributed by atoms with Gasteiger partial charge in [0.05, 0.1) is 10.6 Å². The molecular weight excluding hydrogens is 328 g/mol. The molecule has 1 aromatic carbocycles. The zero-order valence-corrected chi connectivity index (χ0v) is 13.0. The molecule has 9 heteroatoms. The van der Waals surface area contributed by atoms with E-state index < -0.39 is 22.8 Å². The van der Waals surface area contributed by atoms with E-state index in [1.807, 2.05) is 0 Å². The first-order chi connectivity index (χ1) is 11.9. The van der Waals surface area contributed by atoms with E-state index in [0.717, 1.165) is 4.90 Å². The van der Waals surface area contributed by atoms with Crippen LogP contribution < -0.4 is 5.32 Å². The second kappa shape index (κ2) is 6.04. The molecule has 0 atom stereocenters. The Bertz CT molecular complexity index is 944. The molecule has 25 heavy (non-hydrogen) atoms. The summed E-state index contributed by atoms with van der Waals surface area (Å²) in [5.41, 5.74) is 0.676. The van der Waals surface area contributed by atoms with Crippen molar-refractivity contribution in [2.24, 2.45) is 0 Å². The lowest BCUT2D eigenvalue weighted by atomic mass is 10.1. The first-order valence-corrected chi connectivity index (χ1v) is 7.16. The number of nitro benzene ring substituents is 1. The van der Waals surface area contributed by atoms with Crippen molar-refractivity contribution in [3.8, 4) is 5.69 Å². The summed E-state index contributed by atoms with van der Waals surface area (Å²) in [6, 6.07) is 8.46. The van der Waals surface area contributed by atoms with E-state index in [1.54, 1.807) is 29.0 Å². The van der Waals surface area contributed by atoms with Crippen LogP contribution in [0.3, 0.4) is 0 Å². The van der Waals surface area contributed by atoms with E-state index in [1.165, 1.54) is 31.3 Å². The lowest BCUT2D eigenvalue weighted by Crippen LogP contribution is -2.52. The minimum Gasteiger partial charge on any atom is -0.317 e. The van der Waals surface area contributed by atoms with Gasteiger partial charge in [0.1, 0.15) is 5.57 Å². The fourth-order valence-electron chi connectivity index (χ4n) is 2.40. The van der Waals surface area contributed by atoms with Crippen molar-refractivity contribution in [2.45, 2.75) is 0 Å². The molecule has 1 aliphatic rings. The Hall–Kier alpha value is -3.75. The maximum atomic E-state index is 12.1. The third-order valence-electron chi connectivity index (χ3n) is 3.70. The molecule has 0 saturated carbocycles. The molecule has 0 spiro atoms. The van der Waals surface area contributed by atoms with E-state index in [2.05, 4.69) is 5.32 Å². The normalized spacial score (nSPS) is 16.3. The monoisotopic (exact) mass is 340 g/mol. The third kappa shape index (κ3) is 2.90. The molecule has 0 unspecified atom stereocenters. The Morgan fingerprint density at radius 3 is 2.64 bits per heavy atom. The number of carbonyl (C=O) groups is 3. The van der Waals surface area contributed by atoms with Crippen molar-refractivity contribution in [3.63, 3.8) is 0 Å². The van der Waals surface area contributed by atoms with Gasteiger partial charge in [0.2, 0.25) is 0 Å². The van der Waals surface area contributed by atoms with Crippen LogP contribution in [0, 0.1) is 10.1 Å². The van der Waals surface area contributed by atoms with Gasteiger partial charge in [-0.05, 0) is 24.3 Å². The SMILES string of the molecule is CN1C(=O)NC(=O)/C(=C\c2cccn2-c2cccc([N+](=O)[O-])c2)C1=O. The van der Waals surface area contributed by atoms with Crippen LogP contribution in [0.15, 0.2) is 48.2 Å². The zero-order valence-electron chi connectivity index (χ0n) is 13.0. The van der Waals surface area contributed by atoms with Gasteiger partial charge in [0.25, 0.3) is 17.5 Å². The van der Waals surface area contributed by atoms with Crippen LogP contribution in [0.25, 0.3) is 11.8 Å². The summed E-state index contributed by atoms with van der Waals surface area (Å²) in [5, 5.41) is 13.0. The fourth-order valence-corrected chi connectivity index (χ4v) is 2.40. The molecule has 1 N–H and O–H groups in total. The number of nitro groups is 1. The van der Waals surface area contributed by atoms with Gasteiger partial charge in [-0.15, -0.1) is 0 Å². The van der Waals surface area contributed by atoms with Gasteiger partial charge < -0.3 is 4.57 Å². The Morgan fingerprint density at radius 2 is 1.92 bits per heavy atom. The van der Waals surface area contributed by atoms with E-state index >= 15 is 0 Å². The molecule has 3 rings (SSSR count). The number of imide groups is 2. The molecule has 2 aromatic rings. The van der Waals surface area contributed by atoms with Crippen molar-refractivity contribution in [1.82, 2.24) is 14.8 Å². The van der Waals surface area contributed by atoms with E-state index in [0.29, 0.717) is 11.4 Å². The second-order valence-corrected chi connectivity index (χ2v) is 5.26. The van der Waals surface area contributed by atoms with Crippen molar-refractivity contribution in [2.75, 3.05) is 7.05 Å². The van der Waals surface area contributed by atoms with Crippen LogP contribution in [-0.4, -0.2) is 39.3 Å². The van der Waals surface area contributed by atoms with Gasteiger partial charge in [0, 0.05) is 31.1 Å². The lowest BCUT2D eigenvalue weighted by molar-refractivity contribution is -0.384. The van der Waals surface area contributed by atoms with E-state index in [-0.39, 0.29) is 11.3 Å². The summed E-state index contributed by atoms with van der Waals surface area (Å²) in [6.45, 7) is 0. The summed E-state index contributed by atoms with van der Waals surface area (Å²) >= 11 is 0. The first-order valence-electron chi connectivity index (χ1n) is 7.16. The van der Waals surface area contributed by atoms with Gasteiger partial charge >= 0.3 is 6.03 Å². The highest BCUT2D eigenvalue weighted by Gasteiger charge is 2.33. The first kappa shape index (κ1) is 16.1. The summed E-state index contributed by atoms with van der Waals surface area (Å²) in [5.74, 6) is -1.51. The molecular formula is C16H12N4O5. The number of urea groups is 1. The predicted molar refractivity (Wildman–Crippen MR) is 86.7 cm³/mol. The summed E-state index contributed by atoms with van der Waals surface area (Å²) in [7, 11) is 1.26. The minimum atomic E-state index is -0.792. The van der Waals surface area contributed by atoms with Crippen molar-refractivity contribution in [1.29, 1.82) is 0 Å².